The van der Waals surface area contributed by atoms with Crippen LogP contribution in [0.2, 0.25) is 0 Å². The molecule has 0 aromatic heterocycles. The summed E-state index contributed by atoms with van der Waals surface area (Å²) in [7, 11) is -8.23. The SMILES string of the molecule is O=C(O)c1ccccc1O.O=S(O)S(=O)(=O)[O-].[K+]. The minimum atomic E-state index is -4.96. The number of para-hydroxylation sites is 1. The van der Waals surface area contributed by atoms with Gasteiger partial charge in [-0.3, -0.25) is 4.55 Å². The summed E-state index contributed by atoms with van der Waals surface area (Å²) in [6.07, 6.45) is 0. The van der Waals surface area contributed by atoms with Crippen molar-refractivity contribution in [1.82, 2.24) is 0 Å². The molecule has 0 amide bonds. The van der Waals surface area contributed by atoms with Gasteiger partial charge in [0.1, 0.15) is 11.3 Å². The van der Waals surface area contributed by atoms with Crippen LogP contribution in [0.3, 0.4) is 0 Å². The molecule has 0 fully saturated rings. The van der Waals surface area contributed by atoms with Gasteiger partial charge < -0.3 is 14.8 Å². The van der Waals surface area contributed by atoms with Crippen molar-refractivity contribution in [3.05, 3.63) is 29.8 Å². The fourth-order valence-electron chi connectivity index (χ4n) is 0.654. The van der Waals surface area contributed by atoms with Gasteiger partial charge in [0, 0.05) is 0 Å². The first-order valence-corrected chi connectivity index (χ1v) is 6.78. The number of carboxylic acids is 1. The second-order valence-corrected chi connectivity index (χ2v) is 5.78. The van der Waals surface area contributed by atoms with Crippen molar-refractivity contribution in [2.45, 2.75) is 0 Å². The van der Waals surface area contributed by atoms with Crippen LogP contribution in [0.1, 0.15) is 10.4 Å². The molecule has 1 atom stereocenters. The molecule has 0 aliphatic rings. The van der Waals surface area contributed by atoms with Crippen LogP contribution >= 0.6 is 0 Å². The van der Waals surface area contributed by atoms with E-state index in [0.717, 1.165) is 0 Å². The Kier molecular flexibility index (Phi) is 10.4. The van der Waals surface area contributed by atoms with Gasteiger partial charge in [0.15, 0.2) is 0 Å². The van der Waals surface area contributed by atoms with Gasteiger partial charge in [-0.15, -0.1) is 0 Å². The molecule has 1 aromatic carbocycles. The third kappa shape index (κ3) is 8.28. The molecule has 8 nitrogen and oxygen atoms in total. The van der Waals surface area contributed by atoms with E-state index in [2.05, 4.69) is 0 Å². The molecule has 3 N–H and O–H groups in total. The second kappa shape index (κ2) is 9.11. The first-order valence-electron chi connectivity index (χ1n) is 3.74. The molecule has 0 saturated heterocycles. The quantitative estimate of drug-likeness (QED) is 0.222. The summed E-state index contributed by atoms with van der Waals surface area (Å²) in [5.74, 6) is -1.31. The first kappa shape index (κ1) is 20.5. The van der Waals surface area contributed by atoms with E-state index >= 15 is 0 Å². The summed E-state index contributed by atoms with van der Waals surface area (Å²) in [6.45, 7) is 0. The molecule has 0 aliphatic heterocycles. The predicted molar refractivity (Wildman–Crippen MR) is 55.5 cm³/mol. The van der Waals surface area contributed by atoms with Crippen molar-refractivity contribution >= 4 is 25.2 Å². The summed E-state index contributed by atoms with van der Waals surface area (Å²) < 4.78 is 44.4. The van der Waals surface area contributed by atoms with Crippen LogP contribution < -0.4 is 51.4 Å². The van der Waals surface area contributed by atoms with Crippen molar-refractivity contribution in [1.29, 1.82) is 0 Å². The summed E-state index contributed by atoms with van der Waals surface area (Å²) in [4.78, 5) is 10.3. The van der Waals surface area contributed by atoms with Crippen molar-refractivity contribution in [3.63, 3.8) is 0 Å². The normalized spacial score (nSPS) is 11.4. The zero-order valence-electron chi connectivity index (χ0n) is 9.01. The minimum Gasteiger partial charge on any atom is -0.736 e. The second-order valence-electron chi connectivity index (χ2n) is 2.45. The number of phenols is 1. The Labute approximate surface area is 147 Å². The van der Waals surface area contributed by atoms with Gasteiger partial charge in [0.25, 0.3) is 10.1 Å². The van der Waals surface area contributed by atoms with Gasteiger partial charge >= 0.3 is 57.4 Å². The van der Waals surface area contributed by atoms with Crippen LogP contribution in [0, 0.1) is 0 Å². The summed E-state index contributed by atoms with van der Waals surface area (Å²) in [6, 6.07) is 5.81. The Hall–Kier alpha value is 0.146. The maximum Gasteiger partial charge on any atom is 1.00 e. The molecule has 0 radical (unpaired) electrons. The van der Waals surface area contributed by atoms with Gasteiger partial charge in [-0.25, -0.2) is 17.4 Å². The molecule has 1 unspecified atom stereocenters. The average Bonchev–Trinajstić information content (AvgIpc) is 2.17. The Morgan fingerprint density at radius 3 is 1.89 bits per heavy atom. The van der Waals surface area contributed by atoms with E-state index in [-0.39, 0.29) is 62.7 Å². The maximum atomic E-state index is 10.3. The fraction of sp³-hybridized carbons (Fsp3) is 0. The fourth-order valence-corrected chi connectivity index (χ4v) is 0.654. The zero-order valence-corrected chi connectivity index (χ0v) is 13.8. The van der Waals surface area contributed by atoms with Crippen molar-refractivity contribution in [3.8, 4) is 5.75 Å². The third-order valence-electron chi connectivity index (χ3n) is 1.31. The van der Waals surface area contributed by atoms with Crippen molar-refractivity contribution in [2.24, 2.45) is 0 Å². The number of carbonyl (C=O) groups is 1. The monoisotopic (exact) mass is 322 g/mol. The number of hydrogen-bond acceptors (Lipinski definition) is 6. The largest absolute Gasteiger partial charge is 1.00 e. The molecular formula is C7H7KO8S2. The summed E-state index contributed by atoms with van der Waals surface area (Å²) in [5, 5.41) is 17.3. The van der Waals surface area contributed by atoms with E-state index in [0.29, 0.717) is 0 Å². The third-order valence-corrected chi connectivity index (χ3v) is 2.71. The van der Waals surface area contributed by atoms with Crippen LogP contribution in [-0.4, -0.2) is 37.9 Å². The smallest absolute Gasteiger partial charge is 0.736 e. The van der Waals surface area contributed by atoms with Crippen LogP contribution in [0.25, 0.3) is 0 Å². The predicted octanol–water partition coefficient (Wildman–Crippen LogP) is -3.24. The van der Waals surface area contributed by atoms with E-state index in [9.17, 15) is 22.0 Å². The van der Waals surface area contributed by atoms with Gasteiger partial charge in [-0.05, 0) is 12.1 Å². The standard InChI is InChI=1S/C7H6O3.K.H2O5S2/c8-6-4-2-1-3-5(6)7(9)10;;1-6(2)7(3,4)5/h1-4,8H,(H,9,10);;(H,1,2)(H,3,4,5)/q;+1;/p-1. The van der Waals surface area contributed by atoms with E-state index in [1.807, 2.05) is 0 Å². The van der Waals surface area contributed by atoms with E-state index < -0.39 is 25.2 Å². The molecule has 18 heavy (non-hydrogen) atoms. The number of benzene rings is 1. The molecule has 1 aromatic rings. The van der Waals surface area contributed by atoms with Crippen LogP contribution in [0.4, 0.5) is 0 Å². The molecule has 1 rings (SSSR count). The van der Waals surface area contributed by atoms with Crippen LogP contribution in [0.15, 0.2) is 24.3 Å². The number of aromatic carboxylic acids is 1. The molecule has 0 heterocycles. The van der Waals surface area contributed by atoms with E-state index in [4.69, 9.17) is 14.8 Å². The molecule has 0 aliphatic carbocycles. The van der Waals surface area contributed by atoms with Gasteiger partial charge in [-0.2, -0.15) is 0 Å². The Morgan fingerprint density at radius 2 is 1.67 bits per heavy atom. The Bertz CT molecular complexity index is 526. The summed E-state index contributed by atoms with van der Waals surface area (Å²) >= 11 is 0. The number of hydrogen-bond donors (Lipinski definition) is 3. The molecule has 11 heteroatoms. The Morgan fingerprint density at radius 1 is 1.28 bits per heavy atom. The first-order chi connectivity index (χ1) is 7.66. The van der Waals surface area contributed by atoms with E-state index in [1.165, 1.54) is 12.1 Å². The van der Waals surface area contributed by atoms with Gasteiger partial charge in [-0.1, -0.05) is 12.1 Å². The van der Waals surface area contributed by atoms with E-state index in [1.54, 1.807) is 12.1 Å². The maximum absolute atomic E-state index is 10.3. The molecular weight excluding hydrogens is 315 g/mol. The van der Waals surface area contributed by atoms with Gasteiger partial charge in [0.05, 0.1) is 0 Å². The van der Waals surface area contributed by atoms with Crippen LogP contribution in [0.5, 0.6) is 5.75 Å². The van der Waals surface area contributed by atoms with Crippen molar-refractivity contribution in [2.75, 3.05) is 0 Å². The number of carboxylic acid groups (broad SMARTS) is 1. The molecule has 0 bridgehead atoms. The zero-order chi connectivity index (χ0) is 13.6. The molecule has 96 valence electrons. The number of rotatable bonds is 2. The molecule has 0 saturated carbocycles. The van der Waals surface area contributed by atoms with Crippen LogP contribution in [-0.2, 0) is 19.3 Å². The van der Waals surface area contributed by atoms with Gasteiger partial charge in [0.2, 0.25) is 9.15 Å². The topological polar surface area (TPSA) is 152 Å². The van der Waals surface area contributed by atoms with Crippen molar-refractivity contribution < 1.29 is 88.1 Å². The molecule has 0 spiro atoms. The average molecular weight is 322 g/mol. The Balaban J connectivity index is 0. The summed E-state index contributed by atoms with van der Waals surface area (Å²) in [5.41, 5.74) is -0.0671. The minimum absolute atomic E-state index is 0. The number of aromatic hydroxyl groups is 1.